The molecule has 2 unspecified atom stereocenters. The summed E-state index contributed by atoms with van der Waals surface area (Å²) in [5, 5.41) is 9.77. The smallest absolute Gasteiger partial charge is 0.192 e. The first-order valence-electron chi connectivity index (χ1n) is 6.18. The first-order chi connectivity index (χ1) is 7.56. The van der Waals surface area contributed by atoms with Crippen molar-refractivity contribution < 1.29 is 18.7 Å². The summed E-state index contributed by atoms with van der Waals surface area (Å²) in [7, 11) is -0.221. The molecule has 1 N–H and O–H groups in total. The second-order valence-corrected chi connectivity index (χ2v) is 11.2. The van der Waals surface area contributed by atoms with Crippen LogP contribution in [0.25, 0.3) is 0 Å². The molecule has 0 aromatic carbocycles. The van der Waals surface area contributed by atoms with E-state index in [-0.39, 0.29) is 11.6 Å². The van der Waals surface area contributed by atoms with Gasteiger partial charge in [-0.3, -0.25) is 0 Å². The van der Waals surface area contributed by atoms with E-state index < -0.39 is 32.7 Å². The van der Waals surface area contributed by atoms with E-state index in [1.165, 1.54) is 0 Å². The first-order valence-corrected chi connectivity index (χ1v) is 9.08. The zero-order valence-electron chi connectivity index (χ0n) is 11.7. The molecule has 100 valence electrons. The Labute approximate surface area is 105 Å². The third-order valence-corrected chi connectivity index (χ3v) is 8.46. The Morgan fingerprint density at radius 1 is 1.41 bits per heavy atom. The van der Waals surface area contributed by atoms with Crippen LogP contribution in [0.5, 0.6) is 0 Å². The largest absolute Gasteiger partial charge is 0.414 e. The van der Waals surface area contributed by atoms with Crippen LogP contribution in [-0.4, -0.2) is 52.3 Å². The van der Waals surface area contributed by atoms with E-state index in [0.29, 0.717) is 0 Å². The van der Waals surface area contributed by atoms with Gasteiger partial charge in [-0.15, -0.1) is 0 Å². The van der Waals surface area contributed by atoms with Crippen LogP contribution in [0.1, 0.15) is 20.8 Å². The van der Waals surface area contributed by atoms with E-state index >= 15 is 0 Å². The molecule has 6 heteroatoms. The second kappa shape index (κ2) is 4.99. The van der Waals surface area contributed by atoms with Gasteiger partial charge in [0.05, 0.1) is 12.6 Å². The molecule has 1 fully saturated rings. The second-order valence-electron chi connectivity index (χ2n) is 6.39. The number of alkyl halides is 1. The number of aliphatic hydroxyl groups excluding tert-OH is 1. The topological polar surface area (TPSA) is 38.7 Å². The van der Waals surface area contributed by atoms with E-state index in [1.54, 1.807) is 7.85 Å². The molecule has 0 spiro atoms. The Morgan fingerprint density at radius 3 is 2.29 bits per heavy atom. The number of aliphatic hydroxyl groups is 1. The molecule has 0 radical (unpaired) electrons. The minimum atomic E-state index is -1.86. The Hall–Kier alpha value is 0.0918. The summed E-state index contributed by atoms with van der Waals surface area (Å²) in [6.07, 6.45) is -2.90. The van der Waals surface area contributed by atoms with Crippen molar-refractivity contribution in [2.45, 2.75) is 63.3 Å². The van der Waals surface area contributed by atoms with Gasteiger partial charge >= 0.3 is 0 Å². The summed E-state index contributed by atoms with van der Waals surface area (Å²) >= 11 is 0. The van der Waals surface area contributed by atoms with Crippen LogP contribution in [0, 0.1) is 0 Å². The molecule has 1 saturated heterocycles. The lowest BCUT2D eigenvalue weighted by atomic mass is 9.94. The van der Waals surface area contributed by atoms with E-state index in [9.17, 15) is 9.50 Å². The summed E-state index contributed by atoms with van der Waals surface area (Å²) in [6.45, 7) is 11.0. The van der Waals surface area contributed by atoms with Crippen molar-refractivity contribution in [3.63, 3.8) is 0 Å². The maximum absolute atomic E-state index is 13.4. The number of hydrogen-bond donors (Lipinski definition) is 1. The van der Waals surface area contributed by atoms with Crippen LogP contribution in [0.4, 0.5) is 4.39 Å². The Balaban J connectivity index is 2.53. The van der Waals surface area contributed by atoms with Gasteiger partial charge in [0.25, 0.3) is 0 Å². The van der Waals surface area contributed by atoms with Crippen LogP contribution in [0.15, 0.2) is 0 Å². The Morgan fingerprint density at radius 2 is 1.94 bits per heavy atom. The van der Waals surface area contributed by atoms with Crippen molar-refractivity contribution in [2.75, 3.05) is 6.61 Å². The van der Waals surface area contributed by atoms with Crippen molar-refractivity contribution in [3.8, 4) is 0 Å². The Kier molecular flexibility index (Phi) is 4.45. The van der Waals surface area contributed by atoms with Gasteiger partial charge in [0.2, 0.25) is 0 Å². The molecule has 3 nitrogen and oxygen atoms in total. The number of ether oxygens (including phenoxy) is 1. The standard InChI is InChI=1S/C11H24BFO3Si/c1-11(2,3)17(4,5)15-6-7-9(14)8(13)10(12)16-7/h7-10,14H,6,12H2,1-5H3/t7-,8?,9?,10-/m1/s1. The van der Waals surface area contributed by atoms with Crippen molar-refractivity contribution >= 4 is 16.2 Å². The average molecular weight is 262 g/mol. The highest BCUT2D eigenvalue weighted by atomic mass is 28.4. The van der Waals surface area contributed by atoms with E-state index in [1.807, 2.05) is 0 Å². The minimum absolute atomic E-state index is 0.108. The van der Waals surface area contributed by atoms with Gasteiger partial charge < -0.3 is 14.3 Å². The molecule has 0 bridgehead atoms. The molecule has 0 saturated carbocycles. The van der Waals surface area contributed by atoms with Crippen LogP contribution in [0.3, 0.4) is 0 Å². The highest BCUT2D eigenvalue weighted by Crippen LogP contribution is 2.37. The molecule has 1 aliphatic rings. The van der Waals surface area contributed by atoms with Crippen LogP contribution < -0.4 is 0 Å². The van der Waals surface area contributed by atoms with Crippen molar-refractivity contribution in [3.05, 3.63) is 0 Å². The van der Waals surface area contributed by atoms with Crippen LogP contribution >= 0.6 is 0 Å². The first kappa shape index (κ1) is 15.2. The average Bonchev–Trinajstić information content (AvgIpc) is 2.41. The van der Waals surface area contributed by atoms with E-state index in [0.717, 1.165) is 0 Å². The SMILES string of the molecule is B[C@@H]1O[C@H](CO[Si](C)(C)C(C)(C)C)C(O)C1F. The molecule has 0 amide bonds. The zero-order valence-corrected chi connectivity index (χ0v) is 12.7. The highest BCUT2D eigenvalue weighted by Gasteiger charge is 2.44. The molecule has 1 heterocycles. The third-order valence-electron chi connectivity index (χ3n) is 3.96. The van der Waals surface area contributed by atoms with Gasteiger partial charge in [-0.1, -0.05) is 20.8 Å². The number of halogens is 1. The van der Waals surface area contributed by atoms with Crippen molar-refractivity contribution in [2.24, 2.45) is 0 Å². The normalized spacial score (nSPS) is 35.2. The monoisotopic (exact) mass is 262 g/mol. The fraction of sp³-hybridized carbons (Fsp3) is 1.00. The van der Waals surface area contributed by atoms with Crippen molar-refractivity contribution in [1.82, 2.24) is 0 Å². The zero-order chi connectivity index (χ0) is 13.4. The number of rotatable bonds is 3. The highest BCUT2D eigenvalue weighted by molar-refractivity contribution is 6.74. The predicted molar refractivity (Wildman–Crippen MR) is 71.3 cm³/mol. The molecule has 1 aliphatic heterocycles. The van der Waals surface area contributed by atoms with Gasteiger partial charge in [0, 0.05) is 0 Å². The predicted octanol–water partition coefficient (Wildman–Crippen LogP) is 1.07. The lowest BCUT2D eigenvalue weighted by Crippen LogP contribution is -2.44. The lowest BCUT2D eigenvalue weighted by Gasteiger charge is -2.37. The van der Waals surface area contributed by atoms with Gasteiger partial charge in [0.15, 0.2) is 8.32 Å². The molecular weight excluding hydrogens is 238 g/mol. The molecule has 0 aromatic heterocycles. The summed E-state index contributed by atoms with van der Waals surface area (Å²) in [5.74, 6) is 0. The van der Waals surface area contributed by atoms with E-state index in [2.05, 4.69) is 33.9 Å². The molecule has 17 heavy (non-hydrogen) atoms. The summed E-state index contributed by atoms with van der Waals surface area (Å²) < 4.78 is 24.7. The van der Waals surface area contributed by atoms with Crippen molar-refractivity contribution in [1.29, 1.82) is 0 Å². The minimum Gasteiger partial charge on any atom is -0.414 e. The fourth-order valence-electron chi connectivity index (χ4n) is 1.56. The molecule has 1 rings (SSSR count). The summed E-state index contributed by atoms with van der Waals surface area (Å²) in [5.41, 5.74) is 0. The third kappa shape index (κ3) is 3.31. The van der Waals surface area contributed by atoms with E-state index in [4.69, 9.17) is 9.16 Å². The Bertz CT molecular complexity index is 270. The molecular formula is C11H24BFO3Si. The molecule has 0 aromatic rings. The lowest BCUT2D eigenvalue weighted by molar-refractivity contribution is -0.00237. The fourth-order valence-corrected chi connectivity index (χ4v) is 2.57. The van der Waals surface area contributed by atoms with Crippen LogP contribution in [-0.2, 0) is 9.16 Å². The summed E-state index contributed by atoms with van der Waals surface area (Å²) in [4.78, 5) is 0. The molecule has 0 aliphatic carbocycles. The number of hydrogen-bond acceptors (Lipinski definition) is 3. The quantitative estimate of drug-likeness (QED) is 0.773. The summed E-state index contributed by atoms with van der Waals surface area (Å²) in [6, 6.07) is -0.544. The van der Waals surface area contributed by atoms with Gasteiger partial charge in [-0.05, 0) is 18.1 Å². The van der Waals surface area contributed by atoms with Gasteiger partial charge in [-0.2, -0.15) is 0 Å². The van der Waals surface area contributed by atoms with Gasteiger partial charge in [0.1, 0.15) is 26.2 Å². The molecule has 4 atom stereocenters. The van der Waals surface area contributed by atoms with Crippen LogP contribution in [0.2, 0.25) is 18.1 Å². The van der Waals surface area contributed by atoms with Gasteiger partial charge in [-0.25, -0.2) is 4.39 Å². The maximum atomic E-state index is 13.4. The maximum Gasteiger partial charge on any atom is 0.192 e.